The summed E-state index contributed by atoms with van der Waals surface area (Å²) in [5, 5.41) is 5.87. The van der Waals surface area contributed by atoms with Crippen molar-refractivity contribution in [3.63, 3.8) is 0 Å². The van der Waals surface area contributed by atoms with Crippen LogP contribution >= 0.6 is 12.4 Å². The number of carbonyl (C=O) groups excluding carboxylic acids is 3. The van der Waals surface area contributed by atoms with Crippen molar-refractivity contribution in [2.45, 2.75) is 25.7 Å². The molecule has 0 bridgehead atoms. The fraction of sp³-hybridized carbons (Fsp3) is 0.444. The molecule has 2 N–H and O–H groups in total. The highest BCUT2D eigenvalue weighted by atomic mass is 35.5. The molecule has 7 nitrogen and oxygen atoms in total. The summed E-state index contributed by atoms with van der Waals surface area (Å²) in [7, 11) is 7.99. The molecule has 190 valence electrons. The van der Waals surface area contributed by atoms with Gasteiger partial charge in [0.25, 0.3) is 11.8 Å². The van der Waals surface area contributed by atoms with Crippen molar-refractivity contribution in [1.29, 1.82) is 0 Å². The van der Waals surface area contributed by atoms with E-state index >= 15 is 0 Å². The number of aryl methyl sites for hydroxylation is 2. The van der Waals surface area contributed by atoms with Gasteiger partial charge in [-0.2, -0.15) is 0 Å². The third-order valence-corrected chi connectivity index (χ3v) is 6.03. The van der Waals surface area contributed by atoms with Gasteiger partial charge in [0.1, 0.15) is 0 Å². The van der Waals surface area contributed by atoms with Gasteiger partial charge in [0.05, 0.1) is 0 Å². The predicted molar refractivity (Wildman–Crippen MR) is 142 cm³/mol. The summed E-state index contributed by atoms with van der Waals surface area (Å²) in [6.45, 7) is 2.95. The molecule has 1 aliphatic carbocycles. The number of halogens is 1. The normalized spacial score (nSPS) is 12.5. The van der Waals surface area contributed by atoms with E-state index in [0.717, 1.165) is 49.9 Å². The number of amides is 2. The Kier molecular flexibility index (Phi) is 10.9. The minimum atomic E-state index is -0.176. The molecule has 2 aromatic rings. The first-order valence-electron chi connectivity index (χ1n) is 11.9. The van der Waals surface area contributed by atoms with E-state index in [1.165, 1.54) is 0 Å². The topological polar surface area (TPSA) is 81.8 Å². The predicted octanol–water partition coefficient (Wildman–Crippen LogP) is 2.80. The molecule has 0 unspecified atom stereocenters. The average molecular weight is 501 g/mol. The van der Waals surface area contributed by atoms with E-state index in [-0.39, 0.29) is 30.0 Å². The van der Waals surface area contributed by atoms with Crippen LogP contribution in [0.15, 0.2) is 36.4 Å². The Morgan fingerprint density at radius 3 is 1.51 bits per heavy atom. The van der Waals surface area contributed by atoms with Gasteiger partial charge in [0.2, 0.25) is 0 Å². The molecule has 2 amide bonds. The van der Waals surface area contributed by atoms with Gasteiger partial charge in [0.15, 0.2) is 5.78 Å². The van der Waals surface area contributed by atoms with Gasteiger partial charge in [-0.15, -0.1) is 12.4 Å². The van der Waals surface area contributed by atoms with Crippen LogP contribution in [0.2, 0.25) is 0 Å². The first-order valence-corrected chi connectivity index (χ1v) is 11.9. The quantitative estimate of drug-likeness (QED) is 0.490. The van der Waals surface area contributed by atoms with Crippen molar-refractivity contribution in [2.75, 3.05) is 54.4 Å². The van der Waals surface area contributed by atoms with Gasteiger partial charge < -0.3 is 20.4 Å². The van der Waals surface area contributed by atoms with Gasteiger partial charge >= 0.3 is 0 Å². The monoisotopic (exact) mass is 500 g/mol. The Labute approximate surface area is 214 Å². The summed E-state index contributed by atoms with van der Waals surface area (Å²) in [6.07, 6.45) is 3.15. The first kappa shape index (κ1) is 28.5. The summed E-state index contributed by atoms with van der Waals surface area (Å²) in [5.74, 6) is -0.485. The molecule has 35 heavy (non-hydrogen) atoms. The Morgan fingerprint density at radius 2 is 1.14 bits per heavy atom. The highest BCUT2D eigenvalue weighted by Gasteiger charge is 2.23. The Balaban J connectivity index is 0.00000432. The molecule has 0 aliphatic heterocycles. The molecule has 1 aliphatic rings. The minimum Gasteiger partial charge on any atom is -0.352 e. The van der Waals surface area contributed by atoms with E-state index in [1.54, 1.807) is 24.3 Å². The van der Waals surface area contributed by atoms with E-state index in [1.807, 2.05) is 40.3 Å². The fourth-order valence-electron chi connectivity index (χ4n) is 4.11. The minimum absolute atomic E-state index is 0. The highest BCUT2D eigenvalue weighted by Crippen LogP contribution is 2.26. The molecular weight excluding hydrogens is 464 g/mol. The number of rotatable bonds is 10. The lowest BCUT2D eigenvalue weighted by molar-refractivity contribution is 0.0944. The first-order chi connectivity index (χ1) is 16.3. The fourth-order valence-corrected chi connectivity index (χ4v) is 4.11. The SMILES string of the molecule is CN(C)CCCNC(=O)c1ccc2c(c1)C(=O)c1cc(C(=O)NCCCN(C)C)ccc1CC2.Cl. The number of nitrogens with one attached hydrogen (secondary N) is 2. The van der Waals surface area contributed by atoms with Crippen LogP contribution in [0.25, 0.3) is 0 Å². The number of benzene rings is 2. The largest absolute Gasteiger partial charge is 0.352 e. The third kappa shape index (κ3) is 7.88. The molecule has 0 radical (unpaired) electrons. The van der Waals surface area contributed by atoms with Crippen molar-refractivity contribution in [1.82, 2.24) is 20.4 Å². The lowest BCUT2D eigenvalue weighted by Gasteiger charge is -2.12. The Hall–Kier alpha value is -2.74. The maximum absolute atomic E-state index is 13.5. The molecule has 0 spiro atoms. The maximum Gasteiger partial charge on any atom is 0.251 e. The molecular formula is C27H37ClN4O3. The van der Waals surface area contributed by atoms with E-state index in [0.29, 0.717) is 35.3 Å². The standard InChI is InChI=1S/C27H36N4O3.ClH/c1-30(2)15-5-13-28-26(33)21-11-9-19-7-8-20-10-12-22(18-24(20)25(32)23(19)17-21)27(34)29-14-6-16-31(3)4;/h9-12,17-18H,5-8,13-16H2,1-4H3,(H,28,33)(H,29,34);1H. The van der Waals surface area contributed by atoms with Crippen LogP contribution in [0.3, 0.4) is 0 Å². The van der Waals surface area contributed by atoms with E-state index in [9.17, 15) is 14.4 Å². The summed E-state index contributed by atoms with van der Waals surface area (Å²) >= 11 is 0. The molecule has 0 fully saturated rings. The smallest absolute Gasteiger partial charge is 0.251 e. The second kappa shape index (κ2) is 13.4. The summed E-state index contributed by atoms with van der Waals surface area (Å²) < 4.78 is 0. The van der Waals surface area contributed by atoms with E-state index in [2.05, 4.69) is 20.4 Å². The zero-order valence-corrected chi connectivity index (χ0v) is 22.0. The third-order valence-electron chi connectivity index (χ3n) is 6.03. The molecule has 0 aromatic heterocycles. The molecule has 0 saturated carbocycles. The van der Waals surface area contributed by atoms with Gasteiger partial charge in [-0.1, -0.05) is 12.1 Å². The van der Waals surface area contributed by atoms with Crippen LogP contribution in [0, 0.1) is 0 Å². The van der Waals surface area contributed by atoms with Crippen molar-refractivity contribution < 1.29 is 14.4 Å². The molecule has 3 rings (SSSR count). The number of carbonyl (C=O) groups is 3. The van der Waals surface area contributed by atoms with Crippen LogP contribution in [-0.4, -0.2) is 81.8 Å². The number of ketones is 1. The van der Waals surface area contributed by atoms with Gasteiger partial charge in [-0.25, -0.2) is 0 Å². The molecule has 8 heteroatoms. The number of fused-ring (bicyclic) bond motifs is 2. The molecule has 0 saturated heterocycles. The van der Waals surface area contributed by atoms with Crippen molar-refractivity contribution in [3.8, 4) is 0 Å². The second-order valence-corrected chi connectivity index (χ2v) is 9.40. The highest BCUT2D eigenvalue weighted by molar-refractivity contribution is 6.13. The van der Waals surface area contributed by atoms with Crippen molar-refractivity contribution >= 4 is 30.0 Å². The zero-order chi connectivity index (χ0) is 24.7. The Bertz CT molecular complexity index is 971. The molecule has 0 atom stereocenters. The van der Waals surface area contributed by atoms with Crippen LogP contribution in [-0.2, 0) is 12.8 Å². The van der Waals surface area contributed by atoms with E-state index in [4.69, 9.17) is 0 Å². The summed E-state index contributed by atoms with van der Waals surface area (Å²) in [5.41, 5.74) is 3.91. The van der Waals surface area contributed by atoms with Crippen molar-refractivity contribution in [3.05, 3.63) is 69.8 Å². The lowest BCUT2D eigenvalue weighted by atomic mass is 9.95. The van der Waals surface area contributed by atoms with Gasteiger partial charge in [-0.3, -0.25) is 14.4 Å². The Morgan fingerprint density at radius 1 is 0.743 bits per heavy atom. The van der Waals surface area contributed by atoms with Crippen LogP contribution in [0.5, 0.6) is 0 Å². The zero-order valence-electron chi connectivity index (χ0n) is 21.1. The summed E-state index contributed by atoms with van der Waals surface area (Å²) in [4.78, 5) is 42.9. The van der Waals surface area contributed by atoms with Gasteiger partial charge in [-0.05, 0) is 102 Å². The number of hydrogen-bond acceptors (Lipinski definition) is 5. The molecule has 0 heterocycles. The van der Waals surface area contributed by atoms with Gasteiger partial charge in [0, 0.05) is 35.3 Å². The summed E-state index contributed by atoms with van der Waals surface area (Å²) in [6, 6.07) is 10.7. The lowest BCUT2D eigenvalue weighted by Crippen LogP contribution is -2.27. The van der Waals surface area contributed by atoms with E-state index < -0.39 is 0 Å². The number of nitrogens with zero attached hydrogens (tertiary/aromatic N) is 2. The molecule has 2 aromatic carbocycles. The average Bonchev–Trinajstić information content (AvgIpc) is 2.95. The second-order valence-electron chi connectivity index (χ2n) is 9.40. The number of hydrogen-bond donors (Lipinski definition) is 2. The van der Waals surface area contributed by atoms with Crippen LogP contribution in [0.4, 0.5) is 0 Å². The van der Waals surface area contributed by atoms with Crippen molar-refractivity contribution in [2.24, 2.45) is 0 Å². The van der Waals surface area contributed by atoms with Crippen LogP contribution in [0.1, 0.15) is 60.6 Å². The maximum atomic E-state index is 13.5. The van der Waals surface area contributed by atoms with Crippen LogP contribution < -0.4 is 10.6 Å².